The Morgan fingerprint density at radius 3 is 2.66 bits per heavy atom. The average molecular weight is 417 g/mol. The minimum atomic E-state index is 0. The zero-order valence-electron chi connectivity index (χ0n) is 16.7. The van der Waals surface area contributed by atoms with Gasteiger partial charge in [-0.25, -0.2) is 9.97 Å². The van der Waals surface area contributed by atoms with E-state index in [9.17, 15) is 5.11 Å². The van der Waals surface area contributed by atoms with Gasteiger partial charge < -0.3 is 19.7 Å². The fourth-order valence-corrected chi connectivity index (χ4v) is 3.48. The molecule has 154 valence electrons. The zero-order chi connectivity index (χ0) is 19.7. The van der Waals surface area contributed by atoms with Gasteiger partial charge in [-0.15, -0.1) is 22.6 Å². The highest BCUT2D eigenvalue weighted by atomic mass is 35.5. The number of benzene rings is 1. The van der Waals surface area contributed by atoms with Gasteiger partial charge >= 0.3 is 0 Å². The first-order valence-corrected chi connectivity index (χ1v) is 9.46. The summed E-state index contributed by atoms with van der Waals surface area (Å²) in [4.78, 5) is 10.7. The second-order valence-corrected chi connectivity index (χ2v) is 7.37. The second kappa shape index (κ2) is 8.75. The number of rotatable bonds is 5. The molecule has 0 radical (unpaired) electrons. The Labute approximate surface area is 175 Å². The summed E-state index contributed by atoms with van der Waals surface area (Å²) in [6.45, 7) is 7.85. The fourth-order valence-electron chi connectivity index (χ4n) is 3.48. The monoisotopic (exact) mass is 416 g/mol. The Morgan fingerprint density at radius 2 is 2.03 bits per heavy atom. The molecule has 0 bridgehead atoms. The van der Waals surface area contributed by atoms with Crippen LogP contribution in [0.5, 0.6) is 5.75 Å². The average Bonchev–Trinajstić information content (AvgIpc) is 3.30. The fraction of sp³-hybridized carbons (Fsp3) is 0.400. The molecule has 8 nitrogen and oxygen atoms in total. The van der Waals surface area contributed by atoms with Crippen molar-refractivity contribution >= 4 is 18.4 Å². The quantitative estimate of drug-likeness (QED) is 0.654. The minimum absolute atomic E-state index is 0. The first-order chi connectivity index (χ1) is 13.5. The highest BCUT2D eigenvalue weighted by molar-refractivity contribution is 5.85. The zero-order valence-corrected chi connectivity index (χ0v) is 17.5. The van der Waals surface area contributed by atoms with Crippen LogP contribution in [0.4, 0.5) is 5.95 Å². The number of anilines is 1. The number of oxazole rings is 1. The van der Waals surface area contributed by atoms with Crippen LogP contribution in [0.2, 0.25) is 0 Å². The number of hydrogen-bond donors (Lipinski definition) is 2. The maximum Gasteiger partial charge on any atom is 0.245 e. The third-order valence-electron chi connectivity index (χ3n) is 4.77. The minimum Gasteiger partial charge on any atom is -0.507 e. The molecule has 0 unspecified atom stereocenters. The Bertz CT molecular complexity index is 960. The van der Waals surface area contributed by atoms with E-state index in [0.717, 1.165) is 25.1 Å². The normalized spacial score (nSPS) is 16.3. The highest BCUT2D eigenvalue weighted by Gasteiger charge is 2.25. The van der Waals surface area contributed by atoms with Gasteiger partial charge in [0.1, 0.15) is 11.4 Å². The standard InChI is InChI=1S/C20H24N6O2.ClH/c1-12(2)23-15-6-7-26(11-15)20-22-9-17(24-25-20)16-5-4-14(8-18(16)27)19-10-21-13(3)28-19;/h4-5,8-10,12,15,23,27H,6-7,11H2,1-3H3;1H/t15-;/m0./s1. The van der Waals surface area contributed by atoms with Crippen molar-refractivity contribution in [3.63, 3.8) is 0 Å². The predicted octanol–water partition coefficient (Wildman–Crippen LogP) is 3.21. The highest BCUT2D eigenvalue weighted by Crippen LogP contribution is 2.32. The number of nitrogens with one attached hydrogen (secondary N) is 1. The molecule has 1 saturated heterocycles. The van der Waals surface area contributed by atoms with Gasteiger partial charge in [0.2, 0.25) is 5.95 Å². The molecule has 0 aliphatic carbocycles. The number of phenols is 1. The van der Waals surface area contributed by atoms with E-state index in [2.05, 4.69) is 44.2 Å². The summed E-state index contributed by atoms with van der Waals surface area (Å²) in [5, 5.41) is 22.5. The van der Waals surface area contributed by atoms with Crippen molar-refractivity contribution in [2.45, 2.75) is 39.3 Å². The van der Waals surface area contributed by atoms with E-state index in [1.165, 1.54) is 0 Å². The summed E-state index contributed by atoms with van der Waals surface area (Å²) in [7, 11) is 0. The van der Waals surface area contributed by atoms with Gasteiger partial charge in [-0.2, -0.15) is 0 Å². The van der Waals surface area contributed by atoms with Crippen molar-refractivity contribution in [3.05, 3.63) is 36.5 Å². The molecular weight excluding hydrogens is 392 g/mol. The predicted molar refractivity (Wildman–Crippen MR) is 113 cm³/mol. The summed E-state index contributed by atoms with van der Waals surface area (Å²) < 4.78 is 5.50. The molecule has 2 N–H and O–H groups in total. The van der Waals surface area contributed by atoms with E-state index >= 15 is 0 Å². The van der Waals surface area contributed by atoms with Crippen LogP contribution in [0.1, 0.15) is 26.2 Å². The molecule has 4 rings (SSSR count). The van der Waals surface area contributed by atoms with E-state index in [1.807, 2.05) is 6.07 Å². The van der Waals surface area contributed by atoms with Crippen molar-refractivity contribution in [2.24, 2.45) is 0 Å². The molecule has 3 heterocycles. The Balaban J connectivity index is 0.00000240. The summed E-state index contributed by atoms with van der Waals surface area (Å²) in [5.74, 6) is 1.90. The molecule has 1 aliphatic rings. The Hall–Kier alpha value is -2.71. The summed E-state index contributed by atoms with van der Waals surface area (Å²) in [6.07, 6.45) is 4.35. The van der Waals surface area contributed by atoms with Crippen LogP contribution >= 0.6 is 12.4 Å². The second-order valence-electron chi connectivity index (χ2n) is 7.37. The van der Waals surface area contributed by atoms with Crippen LogP contribution in [0.25, 0.3) is 22.6 Å². The van der Waals surface area contributed by atoms with Crippen molar-refractivity contribution < 1.29 is 9.52 Å². The number of halogens is 1. The number of aryl methyl sites for hydroxylation is 1. The molecule has 29 heavy (non-hydrogen) atoms. The van der Waals surface area contributed by atoms with Crippen LogP contribution in [0, 0.1) is 6.92 Å². The van der Waals surface area contributed by atoms with Gasteiger partial charge in [0.25, 0.3) is 0 Å². The van der Waals surface area contributed by atoms with E-state index in [1.54, 1.807) is 31.5 Å². The number of aromatic hydroxyl groups is 1. The lowest BCUT2D eigenvalue weighted by Crippen LogP contribution is -2.37. The van der Waals surface area contributed by atoms with E-state index < -0.39 is 0 Å². The van der Waals surface area contributed by atoms with Gasteiger partial charge in [0.15, 0.2) is 11.7 Å². The van der Waals surface area contributed by atoms with Crippen molar-refractivity contribution in [1.29, 1.82) is 0 Å². The smallest absolute Gasteiger partial charge is 0.245 e. The van der Waals surface area contributed by atoms with Crippen LogP contribution in [0.3, 0.4) is 0 Å². The topological polar surface area (TPSA) is 100 Å². The van der Waals surface area contributed by atoms with Gasteiger partial charge in [-0.05, 0) is 18.6 Å². The van der Waals surface area contributed by atoms with Crippen LogP contribution < -0.4 is 10.2 Å². The Morgan fingerprint density at radius 1 is 1.21 bits per heavy atom. The molecule has 1 atom stereocenters. The van der Waals surface area contributed by atoms with Crippen molar-refractivity contribution in [1.82, 2.24) is 25.5 Å². The largest absolute Gasteiger partial charge is 0.507 e. The third-order valence-corrected chi connectivity index (χ3v) is 4.77. The summed E-state index contributed by atoms with van der Waals surface area (Å²) >= 11 is 0. The number of aromatic nitrogens is 4. The number of hydrogen-bond acceptors (Lipinski definition) is 8. The van der Waals surface area contributed by atoms with Gasteiger partial charge in [0, 0.05) is 43.2 Å². The van der Waals surface area contributed by atoms with E-state index in [-0.39, 0.29) is 18.2 Å². The lowest BCUT2D eigenvalue weighted by molar-refractivity contribution is 0.476. The molecule has 1 fully saturated rings. The molecule has 2 aromatic heterocycles. The van der Waals surface area contributed by atoms with Gasteiger partial charge in [-0.1, -0.05) is 19.9 Å². The first kappa shape index (κ1) is 21.0. The van der Waals surface area contributed by atoms with Gasteiger partial charge in [0.05, 0.1) is 12.4 Å². The van der Waals surface area contributed by atoms with E-state index in [4.69, 9.17) is 4.42 Å². The number of phenolic OH excluding ortho intramolecular Hbond substituents is 1. The molecule has 1 aliphatic heterocycles. The molecule has 0 saturated carbocycles. The molecule has 1 aromatic carbocycles. The molecule has 0 spiro atoms. The van der Waals surface area contributed by atoms with E-state index in [0.29, 0.717) is 40.9 Å². The molecule has 9 heteroatoms. The van der Waals surface area contributed by atoms with Crippen LogP contribution in [-0.2, 0) is 0 Å². The molecular formula is C20H25ClN6O2. The first-order valence-electron chi connectivity index (χ1n) is 9.46. The SMILES string of the molecule is Cc1ncc(-c2ccc(-c3cnc(N4CC[C@H](NC(C)C)C4)nn3)c(O)c2)o1.Cl. The maximum atomic E-state index is 10.4. The molecule has 3 aromatic rings. The summed E-state index contributed by atoms with van der Waals surface area (Å²) in [5.41, 5.74) is 1.85. The van der Waals surface area contributed by atoms with Crippen molar-refractivity contribution in [2.75, 3.05) is 18.0 Å². The van der Waals surface area contributed by atoms with Gasteiger partial charge in [-0.3, -0.25) is 0 Å². The lowest BCUT2D eigenvalue weighted by atomic mass is 10.1. The third kappa shape index (κ3) is 4.65. The van der Waals surface area contributed by atoms with Crippen LogP contribution in [0.15, 0.2) is 35.0 Å². The molecule has 0 amide bonds. The lowest BCUT2D eigenvalue weighted by Gasteiger charge is -2.18. The Kier molecular flexibility index (Phi) is 6.34. The summed E-state index contributed by atoms with van der Waals surface area (Å²) in [6, 6.07) is 6.17. The van der Waals surface area contributed by atoms with Crippen LogP contribution in [-0.4, -0.2) is 50.4 Å². The number of nitrogens with zero attached hydrogens (tertiary/aromatic N) is 5. The maximum absolute atomic E-state index is 10.4. The van der Waals surface area contributed by atoms with Crippen molar-refractivity contribution in [3.8, 4) is 28.3 Å².